The van der Waals surface area contributed by atoms with Crippen LogP contribution in [0.15, 0.2) is 18.2 Å². The average molecular weight is 203 g/mol. The SMILES string of the molecule is Cc1cccc(C#N)c1OC(C)(C)C=O. The number of rotatable bonds is 3. The number of benzene rings is 1. The van der Waals surface area contributed by atoms with Gasteiger partial charge in [0.05, 0.1) is 5.56 Å². The van der Waals surface area contributed by atoms with Crippen molar-refractivity contribution >= 4 is 6.29 Å². The van der Waals surface area contributed by atoms with Crippen molar-refractivity contribution in [3.8, 4) is 11.8 Å². The van der Waals surface area contributed by atoms with Gasteiger partial charge in [-0.2, -0.15) is 5.26 Å². The summed E-state index contributed by atoms with van der Waals surface area (Å²) in [7, 11) is 0. The smallest absolute Gasteiger partial charge is 0.162 e. The molecule has 1 aromatic rings. The van der Waals surface area contributed by atoms with E-state index in [0.717, 1.165) is 11.8 Å². The van der Waals surface area contributed by atoms with Gasteiger partial charge >= 0.3 is 0 Å². The number of nitrogens with zero attached hydrogens (tertiary/aromatic N) is 1. The molecule has 0 radical (unpaired) electrons. The Balaban J connectivity index is 3.15. The van der Waals surface area contributed by atoms with E-state index in [1.165, 1.54) is 0 Å². The van der Waals surface area contributed by atoms with E-state index >= 15 is 0 Å². The maximum Gasteiger partial charge on any atom is 0.162 e. The molecule has 0 spiro atoms. The highest BCUT2D eigenvalue weighted by molar-refractivity contribution is 5.62. The molecule has 0 atom stereocenters. The van der Waals surface area contributed by atoms with E-state index in [1.807, 2.05) is 19.1 Å². The van der Waals surface area contributed by atoms with E-state index in [9.17, 15) is 4.79 Å². The first-order valence-corrected chi connectivity index (χ1v) is 4.65. The molecule has 0 aliphatic carbocycles. The van der Waals surface area contributed by atoms with Crippen molar-refractivity contribution in [2.75, 3.05) is 0 Å². The molecule has 0 saturated carbocycles. The molecule has 1 rings (SSSR count). The van der Waals surface area contributed by atoms with Gasteiger partial charge in [-0.1, -0.05) is 12.1 Å². The first kappa shape index (κ1) is 11.3. The van der Waals surface area contributed by atoms with Crippen molar-refractivity contribution in [3.05, 3.63) is 29.3 Å². The molecule has 15 heavy (non-hydrogen) atoms. The summed E-state index contributed by atoms with van der Waals surface area (Å²) in [6.45, 7) is 5.16. The fourth-order valence-corrected chi connectivity index (χ4v) is 1.16. The number of carbonyl (C=O) groups is 1. The first-order valence-electron chi connectivity index (χ1n) is 4.65. The molecule has 0 heterocycles. The standard InChI is InChI=1S/C12H13NO2/c1-9-5-4-6-10(7-13)11(9)15-12(2,3)8-14/h4-6,8H,1-3H3. The summed E-state index contributed by atoms with van der Waals surface area (Å²) in [5.41, 5.74) is 0.395. The summed E-state index contributed by atoms with van der Waals surface area (Å²) in [6, 6.07) is 7.34. The Morgan fingerprint density at radius 2 is 2.13 bits per heavy atom. The normalized spacial score (nSPS) is 10.5. The van der Waals surface area contributed by atoms with E-state index in [2.05, 4.69) is 0 Å². The van der Waals surface area contributed by atoms with E-state index < -0.39 is 5.60 Å². The van der Waals surface area contributed by atoms with E-state index in [0.29, 0.717) is 11.3 Å². The van der Waals surface area contributed by atoms with Crippen molar-refractivity contribution in [2.45, 2.75) is 26.4 Å². The summed E-state index contributed by atoms with van der Waals surface area (Å²) < 4.78 is 5.51. The summed E-state index contributed by atoms with van der Waals surface area (Å²) in [4.78, 5) is 10.7. The van der Waals surface area contributed by atoms with E-state index in [1.54, 1.807) is 26.0 Å². The number of hydrogen-bond donors (Lipinski definition) is 0. The highest BCUT2D eigenvalue weighted by Crippen LogP contribution is 2.26. The largest absolute Gasteiger partial charge is 0.479 e. The van der Waals surface area contributed by atoms with Crippen LogP contribution in [0.3, 0.4) is 0 Å². The molecule has 0 aliphatic rings. The molecular weight excluding hydrogens is 190 g/mol. The Labute approximate surface area is 89.3 Å². The lowest BCUT2D eigenvalue weighted by Gasteiger charge is -2.21. The van der Waals surface area contributed by atoms with Gasteiger partial charge in [-0.05, 0) is 32.4 Å². The fourth-order valence-electron chi connectivity index (χ4n) is 1.16. The molecule has 0 fully saturated rings. The average Bonchev–Trinajstić information content (AvgIpc) is 2.21. The fraction of sp³-hybridized carbons (Fsp3) is 0.333. The number of aldehydes is 1. The third-order valence-electron chi connectivity index (χ3n) is 1.98. The highest BCUT2D eigenvalue weighted by atomic mass is 16.5. The van der Waals surface area contributed by atoms with Crippen LogP contribution in [0.4, 0.5) is 0 Å². The van der Waals surface area contributed by atoms with Crippen LogP contribution in [-0.2, 0) is 4.79 Å². The van der Waals surface area contributed by atoms with Crippen LogP contribution >= 0.6 is 0 Å². The lowest BCUT2D eigenvalue weighted by Crippen LogP contribution is -2.30. The number of nitriles is 1. The monoisotopic (exact) mass is 203 g/mol. The Kier molecular flexibility index (Phi) is 3.11. The van der Waals surface area contributed by atoms with Crippen LogP contribution in [0.25, 0.3) is 0 Å². The molecule has 0 N–H and O–H groups in total. The van der Waals surface area contributed by atoms with Gasteiger partial charge in [-0.25, -0.2) is 0 Å². The topological polar surface area (TPSA) is 50.1 Å². The summed E-state index contributed by atoms with van der Waals surface area (Å²) in [6.07, 6.45) is 0.723. The number of carbonyl (C=O) groups excluding carboxylic acids is 1. The second-order valence-corrected chi connectivity index (χ2v) is 3.89. The van der Waals surface area contributed by atoms with Crippen molar-refractivity contribution < 1.29 is 9.53 Å². The minimum Gasteiger partial charge on any atom is -0.479 e. The molecule has 0 aliphatic heterocycles. The Morgan fingerprint density at radius 1 is 1.47 bits per heavy atom. The predicted octanol–water partition coefficient (Wildman–Crippen LogP) is 2.22. The maximum atomic E-state index is 10.7. The lowest BCUT2D eigenvalue weighted by molar-refractivity contribution is -0.119. The van der Waals surface area contributed by atoms with Crippen LogP contribution in [0, 0.1) is 18.3 Å². The van der Waals surface area contributed by atoms with Gasteiger partial charge in [0.25, 0.3) is 0 Å². The van der Waals surface area contributed by atoms with Crippen molar-refractivity contribution in [1.29, 1.82) is 5.26 Å². The number of hydrogen-bond acceptors (Lipinski definition) is 3. The van der Waals surface area contributed by atoms with Gasteiger partial charge in [-0.3, -0.25) is 4.79 Å². The van der Waals surface area contributed by atoms with Gasteiger partial charge in [-0.15, -0.1) is 0 Å². The zero-order valence-electron chi connectivity index (χ0n) is 9.07. The molecule has 0 unspecified atom stereocenters. The van der Waals surface area contributed by atoms with Gasteiger partial charge in [0.2, 0.25) is 0 Å². The molecule has 78 valence electrons. The zero-order valence-corrected chi connectivity index (χ0v) is 9.07. The van der Waals surface area contributed by atoms with Gasteiger partial charge in [0.1, 0.15) is 11.8 Å². The zero-order chi connectivity index (χ0) is 11.5. The molecule has 3 nitrogen and oxygen atoms in total. The summed E-state index contributed by atoms with van der Waals surface area (Å²) >= 11 is 0. The summed E-state index contributed by atoms with van der Waals surface area (Å²) in [5.74, 6) is 0.483. The van der Waals surface area contributed by atoms with Gasteiger partial charge in [0.15, 0.2) is 11.9 Å². The van der Waals surface area contributed by atoms with Crippen LogP contribution in [0.1, 0.15) is 25.0 Å². The van der Waals surface area contributed by atoms with Crippen LogP contribution in [0.2, 0.25) is 0 Å². The molecular formula is C12H13NO2. The molecule has 0 bridgehead atoms. The second-order valence-electron chi connectivity index (χ2n) is 3.89. The molecule has 1 aromatic carbocycles. The Bertz CT molecular complexity index is 416. The first-order chi connectivity index (χ1) is 7.00. The minimum absolute atomic E-state index is 0.449. The van der Waals surface area contributed by atoms with Crippen molar-refractivity contribution in [3.63, 3.8) is 0 Å². The predicted molar refractivity (Wildman–Crippen MR) is 56.7 cm³/mol. The highest BCUT2D eigenvalue weighted by Gasteiger charge is 2.21. The second kappa shape index (κ2) is 4.14. The lowest BCUT2D eigenvalue weighted by atomic mass is 10.1. The molecule has 3 heteroatoms. The third-order valence-corrected chi connectivity index (χ3v) is 1.98. The van der Waals surface area contributed by atoms with E-state index in [4.69, 9.17) is 10.00 Å². The summed E-state index contributed by atoms with van der Waals surface area (Å²) in [5, 5.41) is 8.89. The van der Waals surface area contributed by atoms with Crippen molar-refractivity contribution in [1.82, 2.24) is 0 Å². The van der Waals surface area contributed by atoms with Crippen LogP contribution in [-0.4, -0.2) is 11.9 Å². The van der Waals surface area contributed by atoms with Crippen molar-refractivity contribution in [2.24, 2.45) is 0 Å². The number of ether oxygens (including phenoxy) is 1. The van der Waals surface area contributed by atoms with Gasteiger partial charge in [0, 0.05) is 0 Å². The number of para-hydroxylation sites is 1. The van der Waals surface area contributed by atoms with Crippen LogP contribution < -0.4 is 4.74 Å². The van der Waals surface area contributed by atoms with Crippen LogP contribution in [0.5, 0.6) is 5.75 Å². The van der Waals surface area contributed by atoms with E-state index in [-0.39, 0.29) is 0 Å². The molecule has 0 aromatic heterocycles. The molecule has 0 saturated heterocycles. The van der Waals surface area contributed by atoms with Gasteiger partial charge < -0.3 is 4.74 Å². The number of aryl methyl sites for hydroxylation is 1. The maximum absolute atomic E-state index is 10.7. The Hall–Kier alpha value is -1.82. The third kappa shape index (κ3) is 2.57. The Morgan fingerprint density at radius 3 is 2.67 bits per heavy atom. The molecule has 0 amide bonds. The quantitative estimate of drug-likeness (QED) is 0.708. The minimum atomic E-state index is -0.905.